The third-order valence-electron chi connectivity index (χ3n) is 3.03. The van der Waals surface area contributed by atoms with Crippen LogP contribution in [0.4, 0.5) is 5.13 Å². The first-order chi connectivity index (χ1) is 9.20. The van der Waals surface area contributed by atoms with Gasteiger partial charge in [0, 0.05) is 13.2 Å². The predicted octanol–water partition coefficient (Wildman–Crippen LogP) is 1.66. The summed E-state index contributed by atoms with van der Waals surface area (Å²) >= 11 is 1.28. The zero-order chi connectivity index (χ0) is 13.7. The van der Waals surface area contributed by atoms with Crippen molar-refractivity contribution in [1.29, 1.82) is 0 Å². The second kappa shape index (κ2) is 6.81. The minimum absolute atomic E-state index is 0.00551. The molecule has 2 rings (SSSR count). The van der Waals surface area contributed by atoms with Gasteiger partial charge in [0.05, 0.1) is 12.1 Å². The Morgan fingerprint density at radius 1 is 1.58 bits per heavy atom. The summed E-state index contributed by atoms with van der Waals surface area (Å²) in [5.74, 6) is -0.176. The van der Waals surface area contributed by atoms with Gasteiger partial charge >= 0.3 is 0 Å². The van der Waals surface area contributed by atoms with E-state index in [4.69, 9.17) is 4.74 Å². The second-order valence-corrected chi connectivity index (χ2v) is 5.63. The topological polar surface area (TPSA) is 76.1 Å². The second-order valence-electron chi connectivity index (χ2n) is 4.65. The number of nitrogens with one attached hydrogen (secondary N) is 2. The minimum Gasteiger partial charge on any atom is -0.376 e. The molecule has 2 heterocycles. The van der Waals surface area contributed by atoms with E-state index in [1.54, 1.807) is 0 Å². The number of carbonyl (C=O) groups is 1. The average molecular weight is 284 g/mol. The smallest absolute Gasteiger partial charge is 0.282 e. The van der Waals surface area contributed by atoms with Crippen LogP contribution in [0.15, 0.2) is 0 Å². The molecule has 1 aliphatic heterocycles. The maximum absolute atomic E-state index is 12.0. The van der Waals surface area contributed by atoms with Crippen LogP contribution in [0.2, 0.25) is 0 Å². The third-order valence-corrected chi connectivity index (χ3v) is 3.91. The maximum Gasteiger partial charge on any atom is 0.282 e. The van der Waals surface area contributed by atoms with E-state index in [9.17, 15) is 4.79 Å². The van der Waals surface area contributed by atoms with Gasteiger partial charge in [-0.2, -0.15) is 0 Å². The molecular weight excluding hydrogens is 264 g/mol. The number of hydrogen-bond donors (Lipinski definition) is 2. The van der Waals surface area contributed by atoms with Crippen molar-refractivity contribution in [3.8, 4) is 0 Å². The van der Waals surface area contributed by atoms with Crippen molar-refractivity contribution in [1.82, 2.24) is 15.5 Å². The summed E-state index contributed by atoms with van der Waals surface area (Å²) in [5.41, 5.74) is 0. The van der Waals surface area contributed by atoms with Gasteiger partial charge in [0.25, 0.3) is 5.91 Å². The summed E-state index contributed by atoms with van der Waals surface area (Å²) in [6, 6.07) is 0.00551. The van der Waals surface area contributed by atoms with E-state index in [2.05, 4.69) is 27.8 Å². The molecule has 0 aromatic carbocycles. The predicted molar refractivity (Wildman–Crippen MR) is 74.6 cm³/mol. The van der Waals surface area contributed by atoms with Crippen molar-refractivity contribution in [2.24, 2.45) is 0 Å². The van der Waals surface area contributed by atoms with Crippen molar-refractivity contribution >= 4 is 22.4 Å². The van der Waals surface area contributed by atoms with E-state index in [0.717, 1.165) is 32.4 Å². The first-order valence-corrected chi connectivity index (χ1v) is 7.52. The van der Waals surface area contributed by atoms with Crippen LogP contribution in [-0.2, 0) is 4.74 Å². The van der Waals surface area contributed by atoms with Gasteiger partial charge in [-0.15, -0.1) is 10.2 Å². The SMILES string of the molecule is CCCNc1nnc(C(=O)NC(C)C2CCCO2)s1. The van der Waals surface area contributed by atoms with Crippen molar-refractivity contribution < 1.29 is 9.53 Å². The summed E-state index contributed by atoms with van der Waals surface area (Å²) in [7, 11) is 0. The largest absolute Gasteiger partial charge is 0.376 e. The highest BCUT2D eigenvalue weighted by Gasteiger charge is 2.25. The lowest BCUT2D eigenvalue weighted by Crippen LogP contribution is -2.40. The number of rotatable bonds is 6. The zero-order valence-corrected chi connectivity index (χ0v) is 12.1. The molecule has 1 aliphatic rings. The summed E-state index contributed by atoms with van der Waals surface area (Å²) in [6.45, 7) is 5.66. The number of nitrogens with zero attached hydrogens (tertiary/aromatic N) is 2. The molecule has 19 heavy (non-hydrogen) atoms. The molecule has 1 amide bonds. The first kappa shape index (κ1) is 14.2. The molecule has 0 saturated carbocycles. The fourth-order valence-corrected chi connectivity index (χ4v) is 2.65. The summed E-state index contributed by atoms with van der Waals surface area (Å²) in [5, 5.41) is 15.0. The molecular formula is C12H20N4O2S. The van der Waals surface area contributed by atoms with Crippen molar-refractivity contribution in [2.45, 2.75) is 45.3 Å². The van der Waals surface area contributed by atoms with Crippen molar-refractivity contribution in [3.05, 3.63) is 5.01 Å². The van der Waals surface area contributed by atoms with Crippen LogP contribution in [0, 0.1) is 0 Å². The Kier molecular flexibility index (Phi) is 5.09. The number of hydrogen-bond acceptors (Lipinski definition) is 6. The van der Waals surface area contributed by atoms with Crippen molar-refractivity contribution in [2.75, 3.05) is 18.5 Å². The van der Waals surface area contributed by atoms with Crippen LogP contribution >= 0.6 is 11.3 Å². The van der Waals surface area contributed by atoms with Gasteiger partial charge in [-0.25, -0.2) is 0 Å². The number of aromatic nitrogens is 2. The zero-order valence-electron chi connectivity index (χ0n) is 11.3. The highest BCUT2D eigenvalue weighted by Crippen LogP contribution is 2.18. The molecule has 6 nitrogen and oxygen atoms in total. The molecule has 7 heteroatoms. The lowest BCUT2D eigenvalue weighted by molar-refractivity contribution is 0.0712. The Bertz CT molecular complexity index is 418. The van der Waals surface area contributed by atoms with Crippen LogP contribution in [-0.4, -0.2) is 41.4 Å². The Balaban J connectivity index is 1.86. The fourth-order valence-electron chi connectivity index (χ4n) is 1.98. The lowest BCUT2D eigenvalue weighted by Gasteiger charge is -2.18. The summed E-state index contributed by atoms with van der Waals surface area (Å²) in [6.07, 6.45) is 3.20. The molecule has 0 aliphatic carbocycles. The summed E-state index contributed by atoms with van der Waals surface area (Å²) in [4.78, 5) is 12.0. The maximum atomic E-state index is 12.0. The first-order valence-electron chi connectivity index (χ1n) is 6.70. The highest BCUT2D eigenvalue weighted by molar-refractivity contribution is 7.17. The monoisotopic (exact) mass is 284 g/mol. The highest BCUT2D eigenvalue weighted by atomic mass is 32.1. The fraction of sp³-hybridized carbons (Fsp3) is 0.750. The van der Waals surface area contributed by atoms with Crippen LogP contribution in [0.1, 0.15) is 42.9 Å². The average Bonchev–Trinajstić information content (AvgIpc) is 3.07. The molecule has 106 valence electrons. The quantitative estimate of drug-likeness (QED) is 0.831. The van der Waals surface area contributed by atoms with E-state index in [1.165, 1.54) is 11.3 Å². The van der Waals surface area contributed by atoms with E-state index < -0.39 is 0 Å². The number of ether oxygens (including phenoxy) is 1. The molecule has 0 radical (unpaired) electrons. The van der Waals surface area contributed by atoms with E-state index >= 15 is 0 Å². The third kappa shape index (κ3) is 3.87. The van der Waals surface area contributed by atoms with E-state index in [-0.39, 0.29) is 18.1 Å². The molecule has 1 aromatic rings. The molecule has 1 aromatic heterocycles. The number of anilines is 1. The molecule has 1 saturated heterocycles. The van der Waals surface area contributed by atoms with E-state index in [1.807, 2.05) is 6.92 Å². The number of amides is 1. The molecule has 1 fully saturated rings. The Morgan fingerprint density at radius 2 is 2.42 bits per heavy atom. The van der Waals surface area contributed by atoms with E-state index in [0.29, 0.717) is 10.1 Å². The molecule has 0 spiro atoms. The minimum atomic E-state index is -0.176. The van der Waals surface area contributed by atoms with Gasteiger partial charge in [-0.05, 0) is 26.2 Å². The lowest BCUT2D eigenvalue weighted by atomic mass is 10.1. The van der Waals surface area contributed by atoms with Gasteiger partial charge in [0.1, 0.15) is 0 Å². The Hall–Kier alpha value is -1.21. The molecule has 2 N–H and O–H groups in total. The normalized spacial score (nSPS) is 20.2. The summed E-state index contributed by atoms with van der Waals surface area (Å²) < 4.78 is 5.55. The Morgan fingerprint density at radius 3 is 3.11 bits per heavy atom. The Labute approximate surface area is 116 Å². The molecule has 2 atom stereocenters. The van der Waals surface area contributed by atoms with Gasteiger partial charge in [-0.3, -0.25) is 4.79 Å². The van der Waals surface area contributed by atoms with Crippen LogP contribution in [0.3, 0.4) is 0 Å². The molecule has 0 bridgehead atoms. The van der Waals surface area contributed by atoms with Gasteiger partial charge in [0.2, 0.25) is 10.1 Å². The van der Waals surface area contributed by atoms with Crippen LogP contribution < -0.4 is 10.6 Å². The number of carbonyl (C=O) groups excluding carboxylic acids is 1. The molecule has 2 unspecified atom stereocenters. The van der Waals surface area contributed by atoms with Crippen LogP contribution in [0.25, 0.3) is 0 Å². The van der Waals surface area contributed by atoms with Crippen LogP contribution in [0.5, 0.6) is 0 Å². The van der Waals surface area contributed by atoms with Crippen molar-refractivity contribution in [3.63, 3.8) is 0 Å². The van der Waals surface area contributed by atoms with Gasteiger partial charge < -0.3 is 15.4 Å². The van der Waals surface area contributed by atoms with Gasteiger partial charge in [-0.1, -0.05) is 18.3 Å². The standard InChI is InChI=1S/C12H20N4O2S/c1-3-6-13-12-16-15-11(19-12)10(17)14-8(2)9-5-4-7-18-9/h8-9H,3-7H2,1-2H3,(H,13,16)(H,14,17). The van der Waals surface area contributed by atoms with Gasteiger partial charge in [0.15, 0.2) is 0 Å².